The van der Waals surface area contributed by atoms with Crippen LogP contribution >= 0.6 is 11.3 Å². The molecule has 1 aliphatic rings. The minimum Gasteiger partial charge on any atom is -0.503 e. The van der Waals surface area contributed by atoms with Gasteiger partial charge in [0.25, 0.3) is 5.91 Å². The molecule has 0 saturated carbocycles. The summed E-state index contributed by atoms with van der Waals surface area (Å²) in [6.45, 7) is 0. The number of thiazole rings is 1. The van der Waals surface area contributed by atoms with E-state index in [2.05, 4.69) is 4.98 Å². The molecule has 1 atom stereocenters. The zero-order valence-electron chi connectivity index (χ0n) is 18.8. The molecule has 0 bridgehead atoms. The highest BCUT2D eigenvalue weighted by molar-refractivity contribution is 7.22. The van der Waals surface area contributed by atoms with Crippen LogP contribution in [0.4, 0.5) is 9.52 Å². The van der Waals surface area contributed by atoms with Crippen LogP contribution in [0.2, 0.25) is 0 Å². The molecular formula is C27H17FN2O5S. The molecule has 1 unspecified atom stereocenters. The fraction of sp³-hybridized carbons (Fsp3) is 0.0741. The van der Waals surface area contributed by atoms with Crippen molar-refractivity contribution in [2.24, 2.45) is 0 Å². The number of methoxy groups -OCH3 is 1. The van der Waals surface area contributed by atoms with Crippen molar-refractivity contribution >= 4 is 49.3 Å². The molecule has 178 valence electrons. The summed E-state index contributed by atoms with van der Waals surface area (Å²) in [7, 11) is 1.51. The monoisotopic (exact) mass is 500 g/mol. The first kappa shape index (κ1) is 22.0. The van der Waals surface area contributed by atoms with Crippen molar-refractivity contribution in [1.82, 2.24) is 4.98 Å². The molecule has 0 saturated heterocycles. The van der Waals surface area contributed by atoms with Crippen LogP contribution in [0.15, 0.2) is 88.5 Å². The van der Waals surface area contributed by atoms with Crippen molar-refractivity contribution in [3.63, 3.8) is 0 Å². The number of anilines is 1. The van der Waals surface area contributed by atoms with Crippen LogP contribution < -0.4 is 9.64 Å². The number of rotatable bonds is 5. The van der Waals surface area contributed by atoms with E-state index in [1.165, 1.54) is 30.2 Å². The molecule has 6 rings (SSSR count). The first-order valence-electron chi connectivity index (χ1n) is 10.9. The topological polar surface area (TPSA) is 92.9 Å². The molecule has 0 fully saturated rings. The van der Waals surface area contributed by atoms with Gasteiger partial charge in [-0.05, 0) is 48.0 Å². The maximum atomic E-state index is 13.8. The highest BCUT2D eigenvalue weighted by Crippen LogP contribution is 2.45. The molecule has 5 aromatic rings. The van der Waals surface area contributed by atoms with Gasteiger partial charge in [0.15, 0.2) is 16.7 Å². The highest BCUT2D eigenvalue weighted by Gasteiger charge is 2.46. The van der Waals surface area contributed by atoms with Gasteiger partial charge in [0.1, 0.15) is 17.1 Å². The number of Topliss-reactive ketones (excluding diaryl/α,β-unsaturated/α-hetero) is 1. The van der Waals surface area contributed by atoms with E-state index in [9.17, 15) is 19.1 Å². The SMILES string of the molecule is COc1cccc(C2C(C(=O)c3cc4ccccc4o3)=C(O)C(=O)N2c2nc3ccc(F)cc3s2)c1. The van der Waals surface area contributed by atoms with Crippen molar-refractivity contribution in [2.75, 3.05) is 12.0 Å². The lowest BCUT2D eigenvalue weighted by molar-refractivity contribution is -0.117. The summed E-state index contributed by atoms with van der Waals surface area (Å²) in [5.74, 6) is -2.04. The van der Waals surface area contributed by atoms with Crippen molar-refractivity contribution in [3.05, 3.63) is 101 Å². The van der Waals surface area contributed by atoms with Crippen LogP contribution in [0.3, 0.4) is 0 Å². The van der Waals surface area contributed by atoms with Gasteiger partial charge in [0.05, 0.1) is 28.9 Å². The number of hydrogen-bond acceptors (Lipinski definition) is 7. The lowest BCUT2D eigenvalue weighted by Crippen LogP contribution is -2.31. The van der Waals surface area contributed by atoms with Crippen LogP contribution in [-0.4, -0.2) is 28.9 Å². The van der Waals surface area contributed by atoms with E-state index in [-0.39, 0.29) is 16.5 Å². The van der Waals surface area contributed by atoms with E-state index in [0.717, 1.165) is 11.3 Å². The normalized spacial score (nSPS) is 15.9. The molecule has 0 radical (unpaired) electrons. The van der Waals surface area contributed by atoms with Crippen LogP contribution in [0, 0.1) is 5.82 Å². The number of carbonyl (C=O) groups excluding carboxylic acids is 2. The summed E-state index contributed by atoms with van der Waals surface area (Å²) in [6, 6.07) is 18.7. The largest absolute Gasteiger partial charge is 0.503 e. The Morgan fingerprint density at radius 3 is 2.75 bits per heavy atom. The minimum atomic E-state index is -1.02. The quantitative estimate of drug-likeness (QED) is 0.299. The lowest BCUT2D eigenvalue weighted by Gasteiger charge is -2.24. The van der Waals surface area contributed by atoms with Gasteiger partial charge in [0.2, 0.25) is 5.78 Å². The molecule has 36 heavy (non-hydrogen) atoms. The summed E-state index contributed by atoms with van der Waals surface area (Å²) in [5, 5.41) is 11.9. The number of carbonyl (C=O) groups is 2. The van der Waals surface area contributed by atoms with Gasteiger partial charge < -0.3 is 14.3 Å². The molecule has 1 aliphatic heterocycles. The van der Waals surface area contributed by atoms with E-state index in [1.54, 1.807) is 48.5 Å². The average molecular weight is 501 g/mol. The number of benzene rings is 3. The molecule has 1 N–H and O–H groups in total. The number of aliphatic hydroxyl groups is 1. The van der Waals surface area contributed by atoms with Crippen LogP contribution in [0.25, 0.3) is 21.2 Å². The number of fused-ring (bicyclic) bond motifs is 2. The molecule has 3 aromatic carbocycles. The Balaban J connectivity index is 1.52. The maximum Gasteiger partial charge on any atom is 0.296 e. The molecule has 2 aromatic heterocycles. The third kappa shape index (κ3) is 3.44. The number of aromatic nitrogens is 1. The van der Waals surface area contributed by atoms with Gasteiger partial charge >= 0.3 is 0 Å². The number of amides is 1. The number of ketones is 1. The second-order valence-electron chi connectivity index (χ2n) is 8.20. The smallest absolute Gasteiger partial charge is 0.296 e. The van der Waals surface area contributed by atoms with Crippen molar-refractivity contribution < 1.29 is 28.2 Å². The number of ether oxygens (including phenoxy) is 1. The first-order valence-corrected chi connectivity index (χ1v) is 11.8. The zero-order valence-corrected chi connectivity index (χ0v) is 19.6. The summed E-state index contributed by atoms with van der Waals surface area (Å²) >= 11 is 1.09. The summed E-state index contributed by atoms with van der Waals surface area (Å²) in [6.07, 6.45) is 0. The number of halogens is 1. The predicted molar refractivity (Wildman–Crippen MR) is 133 cm³/mol. The van der Waals surface area contributed by atoms with Gasteiger partial charge in [-0.2, -0.15) is 0 Å². The van der Waals surface area contributed by atoms with E-state index in [4.69, 9.17) is 9.15 Å². The van der Waals surface area contributed by atoms with Gasteiger partial charge in [-0.25, -0.2) is 9.37 Å². The molecule has 3 heterocycles. The summed E-state index contributed by atoms with van der Waals surface area (Å²) < 4.78 is 25.4. The lowest BCUT2D eigenvalue weighted by atomic mass is 9.95. The van der Waals surface area contributed by atoms with E-state index in [0.29, 0.717) is 32.5 Å². The number of hydrogen-bond donors (Lipinski definition) is 1. The molecular weight excluding hydrogens is 483 g/mol. The van der Waals surface area contributed by atoms with Crippen molar-refractivity contribution in [1.29, 1.82) is 0 Å². The Hall–Kier alpha value is -4.50. The Bertz CT molecular complexity index is 1690. The summed E-state index contributed by atoms with van der Waals surface area (Å²) in [5.41, 5.74) is 1.38. The van der Waals surface area contributed by atoms with Crippen molar-refractivity contribution in [3.8, 4) is 5.75 Å². The Labute approximate surface area is 207 Å². The number of aliphatic hydroxyl groups excluding tert-OH is 1. The van der Waals surface area contributed by atoms with Crippen LogP contribution in [0.1, 0.15) is 22.2 Å². The van der Waals surface area contributed by atoms with E-state index in [1.807, 2.05) is 6.07 Å². The van der Waals surface area contributed by atoms with Gasteiger partial charge in [-0.1, -0.05) is 41.7 Å². The molecule has 0 spiro atoms. The fourth-order valence-electron chi connectivity index (χ4n) is 4.38. The van der Waals surface area contributed by atoms with Crippen molar-refractivity contribution in [2.45, 2.75) is 6.04 Å². The Morgan fingerprint density at radius 2 is 1.94 bits per heavy atom. The molecule has 1 amide bonds. The fourth-order valence-corrected chi connectivity index (χ4v) is 5.39. The maximum absolute atomic E-state index is 13.8. The van der Waals surface area contributed by atoms with E-state index >= 15 is 0 Å². The standard InChI is InChI=1S/C27H17FN2O5S/c1-34-17-7-4-6-15(11-17)23-22(24(31)20-12-14-5-2-3-8-19(14)35-20)25(32)26(33)30(23)27-29-18-10-9-16(28)13-21(18)36-27/h2-13,23,32H,1H3. The average Bonchev–Trinajstić information content (AvgIpc) is 3.57. The van der Waals surface area contributed by atoms with Crippen LogP contribution in [-0.2, 0) is 4.79 Å². The third-order valence-electron chi connectivity index (χ3n) is 6.06. The first-order chi connectivity index (χ1) is 17.4. The number of para-hydroxylation sites is 1. The number of nitrogens with zero attached hydrogens (tertiary/aromatic N) is 2. The second kappa shape index (κ2) is 8.31. The summed E-state index contributed by atoms with van der Waals surface area (Å²) in [4.78, 5) is 32.9. The minimum absolute atomic E-state index is 0.00772. The molecule has 9 heteroatoms. The highest BCUT2D eigenvalue weighted by atomic mass is 32.1. The van der Waals surface area contributed by atoms with E-state index < -0.39 is 29.3 Å². The number of furan rings is 1. The van der Waals surface area contributed by atoms with Gasteiger partial charge in [0, 0.05) is 5.39 Å². The zero-order chi connectivity index (χ0) is 25.0. The molecule has 0 aliphatic carbocycles. The second-order valence-corrected chi connectivity index (χ2v) is 9.21. The Kier molecular flexibility index (Phi) is 5.08. The predicted octanol–water partition coefficient (Wildman–Crippen LogP) is 5.97. The van der Waals surface area contributed by atoms with Gasteiger partial charge in [-0.15, -0.1) is 0 Å². The van der Waals surface area contributed by atoms with Gasteiger partial charge in [-0.3, -0.25) is 14.5 Å². The molecule has 7 nitrogen and oxygen atoms in total. The van der Waals surface area contributed by atoms with Crippen LogP contribution in [0.5, 0.6) is 5.75 Å². The third-order valence-corrected chi connectivity index (χ3v) is 7.07. The Morgan fingerprint density at radius 1 is 1.11 bits per heavy atom.